The maximum absolute atomic E-state index is 5.48. The van der Waals surface area contributed by atoms with Crippen molar-refractivity contribution >= 4 is 141 Å². The molecule has 1 aliphatic rings. The van der Waals surface area contributed by atoms with Crippen LogP contribution in [0.15, 0.2) is 364 Å². The fourth-order valence-corrected chi connectivity index (χ4v) is 19.7. The van der Waals surface area contributed by atoms with Gasteiger partial charge in [0.2, 0.25) is 5.95 Å². The minimum absolute atomic E-state index is 0.0325. The fraction of sp³-hybridized carbons (Fsp3) is 0.00990. The van der Waals surface area contributed by atoms with Crippen LogP contribution in [-0.2, 0) is 0 Å². The van der Waals surface area contributed by atoms with E-state index in [2.05, 4.69) is 375 Å². The van der Waals surface area contributed by atoms with Crippen molar-refractivity contribution in [1.29, 1.82) is 0 Å². The van der Waals surface area contributed by atoms with Gasteiger partial charge >= 0.3 is 0 Å². The van der Waals surface area contributed by atoms with Crippen molar-refractivity contribution in [2.75, 3.05) is 0 Å². The molecule has 0 amide bonds. The van der Waals surface area contributed by atoms with Crippen LogP contribution in [0.25, 0.3) is 203 Å². The van der Waals surface area contributed by atoms with E-state index in [-0.39, 0.29) is 5.92 Å². The highest BCUT2D eigenvalue weighted by molar-refractivity contribution is 7.25. The van der Waals surface area contributed by atoms with E-state index >= 15 is 0 Å². The third kappa shape index (κ3) is 8.92. The predicted octanol–water partition coefficient (Wildman–Crippen LogP) is 26.5. The van der Waals surface area contributed by atoms with Crippen molar-refractivity contribution < 1.29 is 0 Å². The molecule has 8 heteroatoms. The van der Waals surface area contributed by atoms with E-state index in [1.807, 2.05) is 23.6 Å². The maximum atomic E-state index is 5.48. The van der Waals surface area contributed by atoms with Gasteiger partial charge in [0, 0.05) is 114 Å². The van der Waals surface area contributed by atoms with Crippen LogP contribution < -0.4 is 0 Å². The molecular weight excluding hydrogens is 1340 g/mol. The number of benzene rings is 16. The van der Waals surface area contributed by atoms with Gasteiger partial charge in [-0.15, -0.1) is 11.3 Å². The van der Waals surface area contributed by atoms with Gasteiger partial charge in [0.25, 0.3) is 0 Å². The molecule has 7 nitrogen and oxygen atoms in total. The molecule has 7 heterocycles. The average molecular weight is 1400 g/mol. The number of para-hydroxylation sites is 7. The first-order valence-electron chi connectivity index (χ1n) is 37.4. The zero-order valence-corrected chi connectivity index (χ0v) is 59.6. The molecule has 0 bridgehead atoms. The molecule has 0 radical (unpaired) electrons. The second-order valence-corrected chi connectivity index (χ2v) is 30.3. The van der Waals surface area contributed by atoms with Gasteiger partial charge in [-0.3, -0.25) is 4.57 Å². The van der Waals surface area contributed by atoms with Crippen LogP contribution >= 0.6 is 11.3 Å². The predicted molar refractivity (Wildman–Crippen MR) is 456 cm³/mol. The third-order valence-electron chi connectivity index (χ3n) is 23.4. The summed E-state index contributed by atoms with van der Waals surface area (Å²) in [5.74, 6) is 0.653. The highest BCUT2D eigenvalue weighted by Crippen LogP contribution is 2.52. The molecule has 1 aliphatic carbocycles. The van der Waals surface area contributed by atoms with E-state index in [0.29, 0.717) is 5.95 Å². The Morgan fingerprint density at radius 3 is 1.33 bits per heavy atom. The molecule has 16 aromatic carbocycles. The largest absolute Gasteiger partial charge is 0.309 e. The van der Waals surface area contributed by atoms with Gasteiger partial charge in [-0.1, -0.05) is 200 Å². The number of fused-ring (bicyclic) bond motifs is 21. The summed E-state index contributed by atoms with van der Waals surface area (Å²) in [6, 6.07) is 133. The second-order valence-electron chi connectivity index (χ2n) is 29.2. The minimum Gasteiger partial charge on any atom is -0.309 e. The highest BCUT2D eigenvalue weighted by Gasteiger charge is 2.32. The first-order chi connectivity index (χ1) is 54.0. The van der Waals surface area contributed by atoms with E-state index in [1.165, 1.54) is 113 Å². The molecule has 0 N–H and O–H groups in total. The van der Waals surface area contributed by atoms with Crippen LogP contribution in [0, 0.1) is 0 Å². The molecule has 506 valence electrons. The van der Waals surface area contributed by atoms with E-state index in [9.17, 15) is 0 Å². The SMILES string of the molecule is c1ccc(-n2c3ccccc3c3cc(C4c5ccccc5-c5cc(-c6cc(-c7ccc8c(c7)c7ccccc7n8-c7ccc8c(c7)c7ccccc7n8-c7ccccc7)cc(-n7c8ccccc8c8cc9c%10ccccc%10n(-c%10nccc(-c%11ccc%12sc%13ccccc%13c%12c%11)n%10)c9cc87)c6)ccc54)ccc32)cc1. The summed E-state index contributed by atoms with van der Waals surface area (Å²) < 4.78 is 14.6. The summed E-state index contributed by atoms with van der Waals surface area (Å²) in [5.41, 5.74) is 28.7. The number of thiophene rings is 1. The van der Waals surface area contributed by atoms with Crippen molar-refractivity contribution in [3.05, 3.63) is 381 Å². The van der Waals surface area contributed by atoms with Gasteiger partial charge in [0.05, 0.1) is 60.9 Å². The monoisotopic (exact) mass is 1400 g/mol. The summed E-state index contributed by atoms with van der Waals surface area (Å²) in [7, 11) is 0. The molecule has 0 spiro atoms. The molecule has 23 aromatic rings. The van der Waals surface area contributed by atoms with Crippen LogP contribution in [0.2, 0.25) is 0 Å². The summed E-state index contributed by atoms with van der Waals surface area (Å²) in [5, 5.41) is 14.5. The molecular formula is C101H61N7S. The third-order valence-corrected chi connectivity index (χ3v) is 24.5. The minimum atomic E-state index is 0.0325. The number of hydrogen-bond donors (Lipinski definition) is 0. The normalized spacial score (nSPS) is 13.0. The summed E-state index contributed by atoms with van der Waals surface area (Å²) in [6.07, 6.45) is 1.92. The maximum Gasteiger partial charge on any atom is 0.235 e. The lowest BCUT2D eigenvalue weighted by Crippen LogP contribution is -2.02. The van der Waals surface area contributed by atoms with Crippen molar-refractivity contribution in [1.82, 2.24) is 32.8 Å². The lowest BCUT2D eigenvalue weighted by atomic mass is 9.88. The molecule has 1 unspecified atom stereocenters. The summed E-state index contributed by atoms with van der Waals surface area (Å²) in [6.45, 7) is 0. The molecule has 7 aromatic heterocycles. The fourth-order valence-electron chi connectivity index (χ4n) is 18.7. The summed E-state index contributed by atoms with van der Waals surface area (Å²) in [4.78, 5) is 10.6. The average Bonchev–Trinajstić information content (AvgIpc) is 1.56. The highest BCUT2D eigenvalue weighted by atomic mass is 32.1. The van der Waals surface area contributed by atoms with Gasteiger partial charge in [0.1, 0.15) is 0 Å². The first-order valence-corrected chi connectivity index (χ1v) is 38.2. The molecule has 109 heavy (non-hydrogen) atoms. The van der Waals surface area contributed by atoms with E-state index in [1.54, 1.807) is 0 Å². The standard InChI is InChI=1S/C101H61N7S/c1-3-21-67(22-4-1)104-88-33-15-9-27-73(88)82-57-64(41-46-93(82)104)100-78-32-8-7-25-71(78)80-54-61(39-44-79(80)100)65-51-66(62-40-45-94-81(55-62)72-26-10-17-35-90(72)106(94)69-43-47-95-83(58-69)74-28-11-16-34-89(74)105(95)68-23-5-2-6-24-68)53-70(52-65)107-91-36-18-12-29-75(91)84-59-85-76-30-13-19-37-92(76)108(97(85)60-96(84)107)101-102-50-49-87(103-101)63-42-48-99-86(56-63)77-31-14-20-38-98(77)109-99/h1-60,100H. The Labute approximate surface area is 629 Å². The number of aromatic nitrogens is 7. The molecule has 0 saturated carbocycles. The van der Waals surface area contributed by atoms with Crippen molar-refractivity contribution in [3.8, 4) is 73.3 Å². The zero-order valence-electron chi connectivity index (χ0n) is 58.8. The van der Waals surface area contributed by atoms with E-state index in [0.717, 1.165) is 100 Å². The zero-order chi connectivity index (χ0) is 71.1. The Hall–Kier alpha value is -14.2. The van der Waals surface area contributed by atoms with Crippen LogP contribution in [0.3, 0.4) is 0 Å². The van der Waals surface area contributed by atoms with Crippen LogP contribution in [0.1, 0.15) is 22.6 Å². The molecule has 24 rings (SSSR count). The Bertz CT molecular complexity index is 7810. The Balaban J connectivity index is 0.707. The van der Waals surface area contributed by atoms with Gasteiger partial charge in [-0.2, -0.15) is 0 Å². The molecule has 0 fully saturated rings. The van der Waals surface area contributed by atoms with E-state index in [4.69, 9.17) is 9.97 Å². The van der Waals surface area contributed by atoms with Gasteiger partial charge in [0.15, 0.2) is 0 Å². The van der Waals surface area contributed by atoms with Crippen molar-refractivity contribution in [3.63, 3.8) is 0 Å². The summed E-state index contributed by atoms with van der Waals surface area (Å²) >= 11 is 1.83. The van der Waals surface area contributed by atoms with Gasteiger partial charge in [-0.05, 0) is 208 Å². The van der Waals surface area contributed by atoms with E-state index < -0.39 is 0 Å². The Morgan fingerprint density at radius 1 is 0.229 bits per heavy atom. The van der Waals surface area contributed by atoms with Crippen LogP contribution in [0.5, 0.6) is 0 Å². The Kier molecular flexibility index (Phi) is 12.8. The van der Waals surface area contributed by atoms with Gasteiger partial charge in [-0.25, -0.2) is 9.97 Å². The first kappa shape index (κ1) is 60.1. The van der Waals surface area contributed by atoms with Crippen molar-refractivity contribution in [2.45, 2.75) is 5.92 Å². The quantitative estimate of drug-likeness (QED) is 0.145. The lowest BCUT2D eigenvalue weighted by Gasteiger charge is -2.17. The lowest BCUT2D eigenvalue weighted by molar-refractivity contribution is 0.992. The number of rotatable bonds is 9. The van der Waals surface area contributed by atoms with Crippen molar-refractivity contribution in [2.24, 2.45) is 0 Å². The number of hydrogen-bond acceptors (Lipinski definition) is 3. The second kappa shape index (κ2) is 23.2. The van der Waals surface area contributed by atoms with Gasteiger partial charge < -0.3 is 18.3 Å². The molecule has 1 atom stereocenters. The molecule has 0 aliphatic heterocycles. The Morgan fingerprint density at radius 2 is 0.679 bits per heavy atom. The molecule has 0 saturated heterocycles. The number of nitrogens with zero attached hydrogens (tertiary/aromatic N) is 7. The topological polar surface area (TPSA) is 50.4 Å². The van der Waals surface area contributed by atoms with Crippen LogP contribution in [-0.4, -0.2) is 32.8 Å². The smallest absolute Gasteiger partial charge is 0.235 e. The van der Waals surface area contributed by atoms with Crippen LogP contribution in [0.4, 0.5) is 0 Å².